The zero-order valence-corrected chi connectivity index (χ0v) is 12.0. The molecule has 1 aromatic carbocycles. The molecule has 0 fully saturated rings. The summed E-state index contributed by atoms with van der Waals surface area (Å²) in [6, 6.07) is 8.11. The first-order chi connectivity index (χ1) is 8.78. The van der Waals surface area contributed by atoms with Crippen LogP contribution in [0.3, 0.4) is 0 Å². The highest BCUT2D eigenvalue weighted by Gasteiger charge is 2.11. The van der Waals surface area contributed by atoms with E-state index in [1.54, 1.807) is 11.3 Å². The van der Waals surface area contributed by atoms with E-state index >= 15 is 0 Å². The molecule has 0 radical (unpaired) electrons. The number of thiazole rings is 1. The highest BCUT2D eigenvalue weighted by Crippen LogP contribution is 2.18. The number of nitrogens with zero attached hydrogens (tertiary/aromatic N) is 1. The maximum absolute atomic E-state index is 6.02. The van der Waals surface area contributed by atoms with Crippen LogP contribution in [0.1, 0.15) is 10.6 Å². The predicted octanol–water partition coefficient (Wildman–Crippen LogP) is 3.42. The van der Waals surface area contributed by atoms with Crippen molar-refractivity contribution in [2.24, 2.45) is 5.92 Å². The summed E-state index contributed by atoms with van der Waals surface area (Å²) < 4.78 is 0. The Labute approximate surface area is 117 Å². The SMILES string of the molecule is CNCC(Cc1cccc(Cl)c1)Cc1nccs1. The van der Waals surface area contributed by atoms with E-state index in [1.807, 2.05) is 36.8 Å². The van der Waals surface area contributed by atoms with E-state index in [4.69, 9.17) is 11.6 Å². The van der Waals surface area contributed by atoms with Crippen molar-refractivity contribution in [2.45, 2.75) is 12.8 Å². The Morgan fingerprint density at radius 3 is 2.94 bits per heavy atom. The Morgan fingerprint density at radius 1 is 1.39 bits per heavy atom. The van der Waals surface area contributed by atoms with Crippen LogP contribution >= 0.6 is 22.9 Å². The lowest BCUT2D eigenvalue weighted by atomic mass is 9.96. The van der Waals surface area contributed by atoms with Crippen LogP contribution in [-0.4, -0.2) is 18.6 Å². The molecule has 0 saturated carbocycles. The minimum absolute atomic E-state index is 0.555. The van der Waals surface area contributed by atoms with Crippen molar-refractivity contribution >= 4 is 22.9 Å². The highest BCUT2D eigenvalue weighted by molar-refractivity contribution is 7.09. The molecule has 1 atom stereocenters. The summed E-state index contributed by atoms with van der Waals surface area (Å²) in [5.74, 6) is 0.555. The normalized spacial score (nSPS) is 12.6. The number of benzene rings is 1. The summed E-state index contributed by atoms with van der Waals surface area (Å²) >= 11 is 7.75. The van der Waals surface area contributed by atoms with Gasteiger partial charge >= 0.3 is 0 Å². The van der Waals surface area contributed by atoms with Crippen LogP contribution < -0.4 is 5.32 Å². The maximum atomic E-state index is 6.02. The first-order valence-electron chi connectivity index (χ1n) is 6.05. The van der Waals surface area contributed by atoms with Crippen LogP contribution in [0.5, 0.6) is 0 Å². The second-order valence-corrected chi connectivity index (χ2v) is 5.80. The summed E-state index contributed by atoms with van der Waals surface area (Å²) in [6.07, 6.45) is 3.92. The monoisotopic (exact) mass is 280 g/mol. The summed E-state index contributed by atoms with van der Waals surface area (Å²) in [4.78, 5) is 4.36. The first-order valence-corrected chi connectivity index (χ1v) is 7.31. The molecule has 1 N–H and O–H groups in total. The van der Waals surface area contributed by atoms with E-state index in [2.05, 4.69) is 16.4 Å². The van der Waals surface area contributed by atoms with Gasteiger partial charge in [0.2, 0.25) is 0 Å². The Morgan fingerprint density at radius 2 is 2.28 bits per heavy atom. The maximum Gasteiger partial charge on any atom is 0.0928 e. The number of hydrogen-bond donors (Lipinski definition) is 1. The van der Waals surface area contributed by atoms with Gasteiger partial charge in [0.15, 0.2) is 0 Å². The van der Waals surface area contributed by atoms with Crippen LogP contribution in [0.25, 0.3) is 0 Å². The molecule has 0 saturated heterocycles. The zero-order chi connectivity index (χ0) is 12.8. The van der Waals surface area contributed by atoms with Gasteiger partial charge in [-0.05, 0) is 43.6 Å². The van der Waals surface area contributed by atoms with Crippen molar-refractivity contribution in [2.75, 3.05) is 13.6 Å². The van der Waals surface area contributed by atoms with Gasteiger partial charge in [-0.25, -0.2) is 4.98 Å². The molecule has 1 aromatic heterocycles. The molecule has 2 rings (SSSR count). The Hall–Kier alpha value is -0.900. The average molecular weight is 281 g/mol. The molecule has 0 aliphatic carbocycles. The standard InChI is InChI=1S/C14H17ClN2S/c1-16-10-12(9-14-17-5-6-18-14)7-11-3-2-4-13(15)8-11/h2-6,8,12,16H,7,9-10H2,1H3. The minimum atomic E-state index is 0.555. The van der Waals surface area contributed by atoms with Crippen molar-refractivity contribution in [3.63, 3.8) is 0 Å². The number of nitrogens with one attached hydrogen (secondary N) is 1. The van der Waals surface area contributed by atoms with E-state index in [0.717, 1.165) is 24.4 Å². The Kier molecular flexibility index (Phi) is 5.17. The lowest BCUT2D eigenvalue weighted by Gasteiger charge is -2.15. The van der Waals surface area contributed by atoms with Crippen molar-refractivity contribution in [3.05, 3.63) is 51.4 Å². The topological polar surface area (TPSA) is 24.9 Å². The quantitative estimate of drug-likeness (QED) is 0.877. The first kappa shape index (κ1) is 13.5. The second kappa shape index (κ2) is 6.88. The van der Waals surface area contributed by atoms with Gasteiger partial charge in [0, 0.05) is 23.0 Å². The lowest BCUT2D eigenvalue weighted by molar-refractivity contribution is 0.492. The number of aromatic nitrogens is 1. The molecule has 0 amide bonds. The molecule has 0 aliphatic rings. The molecule has 2 aromatic rings. The number of rotatable bonds is 6. The molecule has 1 heterocycles. The van der Waals surface area contributed by atoms with Crippen LogP contribution in [0, 0.1) is 5.92 Å². The highest BCUT2D eigenvalue weighted by atomic mass is 35.5. The average Bonchev–Trinajstić information content (AvgIpc) is 2.82. The third-order valence-corrected chi connectivity index (χ3v) is 3.89. The smallest absolute Gasteiger partial charge is 0.0928 e. The fourth-order valence-electron chi connectivity index (χ4n) is 2.10. The molecule has 96 valence electrons. The van der Waals surface area contributed by atoms with Crippen molar-refractivity contribution in [1.29, 1.82) is 0 Å². The van der Waals surface area contributed by atoms with Crippen molar-refractivity contribution in [1.82, 2.24) is 10.3 Å². The third kappa shape index (κ3) is 4.09. The molecule has 2 nitrogen and oxygen atoms in total. The van der Waals surface area contributed by atoms with Gasteiger partial charge in [-0.2, -0.15) is 0 Å². The summed E-state index contributed by atoms with van der Waals surface area (Å²) in [5.41, 5.74) is 1.29. The van der Waals surface area contributed by atoms with Crippen molar-refractivity contribution in [3.8, 4) is 0 Å². The van der Waals surface area contributed by atoms with E-state index in [9.17, 15) is 0 Å². The van der Waals surface area contributed by atoms with Crippen LogP contribution in [0.4, 0.5) is 0 Å². The summed E-state index contributed by atoms with van der Waals surface area (Å²) in [6.45, 7) is 0.992. The molecule has 18 heavy (non-hydrogen) atoms. The summed E-state index contributed by atoms with van der Waals surface area (Å²) in [7, 11) is 1.99. The van der Waals surface area contributed by atoms with Crippen LogP contribution in [0.15, 0.2) is 35.8 Å². The van der Waals surface area contributed by atoms with Gasteiger partial charge in [-0.1, -0.05) is 23.7 Å². The molecule has 0 spiro atoms. The fraction of sp³-hybridized carbons (Fsp3) is 0.357. The molecule has 4 heteroatoms. The van der Waals surface area contributed by atoms with Gasteiger partial charge in [0.25, 0.3) is 0 Å². The molecule has 0 bridgehead atoms. The zero-order valence-electron chi connectivity index (χ0n) is 10.4. The number of hydrogen-bond acceptors (Lipinski definition) is 3. The van der Waals surface area contributed by atoms with E-state index in [-0.39, 0.29) is 0 Å². The molecular weight excluding hydrogens is 264 g/mol. The van der Waals surface area contributed by atoms with E-state index in [0.29, 0.717) is 5.92 Å². The van der Waals surface area contributed by atoms with Crippen LogP contribution in [0.2, 0.25) is 5.02 Å². The van der Waals surface area contributed by atoms with Gasteiger partial charge in [0.1, 0.15) is 0 Å². The largest absolute Gasteiger partial charge is 0.319 e. The van der Waals surface area contributed by atoms with Gasteiger partial charge in [-0.3, -0.25) is 0 Å². The minimum Gasteiger partial charge on any atom is -0.319 e. The predicted molar refractivity (Wildman–Crippen MR) is 78.4 cm³/mol. The van der Waals surface area contributed by atoms with E-state index in [1.165, 1.54) is 10.6 Å². The van der Waals surface area contributed by atoms with Gasteiger partial charge in [0.05, 0.1) is 5.01 Å². The molecular formula is C14H17ClN2S. The second-order valence-electron chi connectivity index (χ2n) is 4.39. The van der Waals surface area contributed by atoms with Gasteiger partial charge in [-0.15, -0.1) is 11.3 Å². The summed E-state index contributed by atoms with van der Waals surface area (Å²) in [5, 5.41) is 7.31. The Bertz CT molecular complexity index is 470. The third-order valence-electron chi connectivity index (χ3n) is 2.85. The van der Waals surface area contributed by atoms with Crippen LogP contribution in [-0.2, 0) is 12.8 Å². The molecule has 0 aliphatic heterocycles. The fourth-order valence-corrected chi connectivity index (χ4v) is 3.05. The van der Waals surface area contributed by atoms with Gasteiger partial charge < -0.3 is 5.32 Å². The Balaban J connectivity index is 2.01. The lowest BCUT2D eigenvalue weighted by Crippen LogP contribution is -2.22. The van der Waals surface area contributed by atoms with E-state index < -0.39 is 0 Å². The molecule has 1 unspecified atom stereocenters. The number of halogens is 1. The van der Waals surface area contributed by atoms with Crippen molar-refractivity contribution < 1.29 is 0 Å².